The molecule has 5 rings (SSSR count). The van der Waals surface area contributed by atoms with E-state index in [0.29, 0.717) is 11.4 Å². The van der Waals surface area contributed by atoms with Crippen molar-refractivity contribution in [3.63, 3.8) is 0 Å². The van der Waals surface area contributed by atoms with Gasteiger partial charge >= 0.3 is 0 Å². The molecular weight excluding hydrogens is 427 g/mol. The monoisotopic (exact) mass is 450 g/mol. The minimum atomic E-state index is -3.75. The number of sulfonamides is 1. The molecule has 1 aliphatic carbocycles. The second-order valence-corrected chi connectivity index (χ2v) is 9.79. The predicted molar refractivity (Wildman–Crippen MR) is 123 cm³/mol. The van der Waals surface area contributed by atoms with Crippen molar-refractivity contribution in [2.24, 2.45) is 5.92 Å². The maximum atomic E-state index is 13.4. The number of rotatable bonds is 5. The molecule has 0 saturated heterocycles. The van der Waals surface area contributed by atoms with Gasteiger partial charge in [-0.05, 0) is 78.1 Å². The lowest BCUT2D eigenvalue weighted by Crippen LogP contribution is -2.29. The normalized spacial score (nSPS) is 21.4. The molecule has 1 heterocycles. The molecule has 3 aromatic carbocycles. The highest BCUT2D eigenvalue weighted by molar-refractivity contribution is 7.92. The molecule has 3 atom stereocenters. The number of fused-ring (bicyclic) bond motifs is 3. The third kappa shape index (κ3) is 3.73. The SMILES string of the molecule is COc1ccc(NS(=O)(=O)c2ccc3c(c2)[C@@H]2C=CC[C@H]2[C@H](c2ccc(F)cc2)N3)cc1. The standard InChI is InChI=1S/C25H23FN2O3S/c1-31-19-11-9-18(10-12-19)28-32(29,30)20-13-14-24-23(15-20)21-3-2-4-22(21)25(27-24)16-5-7-17(26)8-6-16/h2-3,5-15,21-22,25,27-28H,4H2,1H3/t21-,22-,25+/m1/s1. The first kappa shape index (κ1) is 20.6. The van der Waals surface area contributed by atoms with Crippen LogP contribution in [-0.2, 0) is 10.0 Å². The van der Waals surface area contributed by atoms with Crippen molar-refractivity contribution in [2.75, 3.05) is 17.1 Å². The van der Waals surface area contributed by atoms with Crippen LogP contribution in [0.15, 0.2) is 83.8 Å². The quantitative estimate of drug-likeness (QED) is 0.507. The summed E-state index contributed by atoms with van der Waals surface area (Å²) in [7, 11) is -2.19. The smallest absolute Gasteiger partial charge is 0.261 e. The van der Waals surface area contributed by atoms with Crippen LogP contribution in [0.25, 0.3) is 0 Å². The lowest BCUT2D eigenvalue weighted by Gasteiger charge is -2.37. The van der Waals surface area contributed by atoms with Gasteiger partial charge in [-0.1, -0.05) is 24.3 Å². The zero-order chi connectivity index (χ0) is 22.3. The van der Waals surface area contributed by atoms with Crippen LogP contribution in [0, 0.1) is 11.7 Å². The van der Waals surface area contributed by atoms with Crippen molar-refractivity contribution in [2.45, 2.75) is 23.3 Å². The summed E-state index contributed by atoms with van der Waals surface area (Å²) in [6, 6.07) is 18.5. The molecule has 0 radical (unpaired) electrons. The number of anilines is 2. The van der Waals surface area contributed by atoms with Crippen LogP contribution < -0.4 is 14.8 Å². The fourth-order valence-electron chi connectivity index (χ4n) is 4.61. The van der Waals surface area contributed by atoms with Gasteiger partial charge in [-0.3, -0.25) is 4.72 Å². The van der Waals surface area contributed by atoms with E-state index in [0.717, 1.165) is 23.2 Å². The maximum Gasteiger partial charge on any atom is 0.261 e. The second-order valence-electron chi connectivity index (χ2n) is 8.11. The second kappa shape index (κ2) is 7.98. The molecule has 0 saturated carbocycles. The topological polar surface area (TPSA) is 67.4 Å². The van der Waals surface area contributed by atoms with Crippen LogP contribution in [0.4, 0.5) is 15.8 Å². The minimum absolute atomic E-state index is 0.0305. The summed E-state index contributed by atoms with van der Waals surface area (Å²) >= 11 is 0. The number of hydrogen-bond acceptors (Lipinski definition) is 4. The van der Waals surface area contributed by atoms with Crippen molar-refractivity contribution in [3.05, 3.63) is 95.8 Å². The van der Waals surface area contributed by atoms with E-state index >= 15 is 0 Å². The van der Waals surface area contributed by atoms with E-state index in [1.807, 2.05) is 18.2 Å². The van der Waals surface area contributed by atoms with Crippen molar-refractivity contribution in [3.8, 4) is 5.75 Å². The highest BCUT2D eigenvalue weighted by atomic mass is 32.2. The van der Waals surface area contributed by atoms with Crippen molar-refractivity contribution >= 4 is 21.4 Å². The zero-order valence-corrected chi connectivity index (χ0v) is 18.3. The Kier molecular flexibility index (Phi) is 5.13. The van der Waals surface area contributed by atoms with Crippen LogP contribution >= 0.6 is 0 Å². The average Bonchev–Trinajstić information content (AvgIpc) is 3.29. The van der Waals surface area contributed by atoms with Crippen LogP contribution in [-0.4, -0.2) is 15.5 Å². The van der Waals surface area contributed by atoms with Crippen LogP contribution in [0.3, 0.4) is 0 Å². The summed E-state index contributed by atoms with van der Waals surface area (Å²) in [6.07, 6.45) is 5.16. The number of methoxy groups -OCH3 is 1. The van der Waals surface area contributed by atoms with Gasteiger partial charge in [0.25, 0.3) is 10.0 Å². The van der Waals surface area contributed by atoms with Crippen LogP contribution in [0.2, 0.25) is 0 Å². The van der Waals surface area contributed by atoms with E-state index in [1.54, 1.807) is 43.5 Å². The van der Waals surface area contributed by atoms with Crippen molar-refractivity contribution < 1.29 is 17.5 Å². The Labute approximate surface area is 187 Å². The van der Waals surface area contributed by atoms with E-state index in [2.05, 4.69) is 22.2 Å². The first-order chi connectivity index (χ1) is 15.4. The lowest BCUT2D eigenvalue weighted by molar-refractivity contribution is 0.415. The Morgan fingerprint density at radius 3 is 2.50 bits per heavy atom. The molecule has 1 aliphatic heterocycles. The summed E-state index contributed by atoms with van der Waals surface area (Å²) in [4.78, 5) is 0.216. The number of benzene rings is 3. The van der Waals surface area contributed by atoms with E-state index < -0.39 is 10.0 Å². The maximum absolute atomic E-state index is 13.4. The van der Waals surface area contributed by atoms with Crippen molar-refractivity contribution in [1.82, 2.24) is 0 Å². The molecule has 5 nitrogen and oxygen atoms in total. The van der Waals surface area contributed by atoms with E-state index in [1.165, 1.54) is 12.1 Å². The van der Waals surface area contributed by atoms with E-state index in [4.69, 9.17) is 4.74 Å². The molecule has 0 bridgehead atoms. The van der Waals surface area contributed by atoms with Gasteiger partial charge in [0.2, 0.25) is 0 Å². The third-order valence-electron chi connectivity index (χ3n) is 6.22. The van der Waals surface area contributed by atoms with E-state index in [-0.39, 0.29) is 28.6 Å². The molecule has 164 valence electrons. The molecule has 0 unspecified atom stereocenters. The van der Waals surface area contributed by atoms with Gasteiger partial charge in [-0.15, -0.1) is 0 Å². The van der Waals surface area contributed by atoms with Gasteiger partial charge in [-0.25, -0.2) is 12.8 Å². The average molecular weight is 451 g/mol. The number of hydrogen-bond donors (Lipinski definition) is 2. The molecule has 32 heavy (non-hydrogen) atoms. The van der Waals surface area contributed by atoms with Gasteiger partial charge in [0, 0.05) is 17.3 Å². The number of halogens is 1. The zero-order valence-electron chi connectivity index (χ0n) is 17.5. The molecule has 0 fully saturated rings. The summed E-state index contributed by atoms with van der Waals surface area (Å²) < 4.78 is 47.2. The first-order valence-corrected chi connectivity index (χ1v) is 11.9. The van der Waals surface area contributed by atoms with Crippen LogP contribution in [0.5, 0.6) is 5.75 Å². The van der Waals surface area contributed by atoms with Crippen LogP contribution in [0.1, 0.15) is 29.5 Å². The lowest BCUT2D eigenvalue weighted by atomic mass is 9.77. The third-order valence-corrected chi connectivity index (χ3v) is 7.59. The largest absolute Gasteiger partial charge is 0.497 e. The summed E-state index contributed by atoms with van der Waals surface area (Å²) in [5, 5.41) is 3.55. The summed E-state index contributed by atoms with van der Waals surface area (Å²) in [5.41, 5.74) is 3.35. The number of ether oxygens (including phenoxy) is 1. The highest BCUT2D eigenvalue weighted by Gasteiger charge is 2.38. The van der Waals surface area contributed by atoms with Gasteiger partial charge in [0.15, 0.2) is 0 Å². The molecule has 0 spiro atoms. The fourth-order valence-corrected chi connectivity index (χ4v) is 5.71. The molecule has 3 aromatic rings. The Balaban J connectivity index is 1.46. The van der Waals surface area contributed by atoms with Gasteiger partial charge in [0.05, 0.1) is 18.0 Å². The molecule has 7 heteroatoms. The summed E-state index contributed by atoms with van der Waals surface area (Å²) in [6.45, 7) is 0. The van der Waals surface area contributed by atoms with Gasteiger partial charge in [-0.2, -0.15) is 0 Å². The Hall–Kier alpha value is -3.32. The van der Waals surface area contributed by atoms with Gasteiger partial charge in [0.1, 0.15) is 11.6 Å². The number of allylic oxidation sites excluding steroid dienone is 2. The van der Waals surface area contributed by atoms with E-state index in [9.17, 15) is 12.8 Å². The summed E-state index contributed by atoms with van der Waals surface area (Å²) in [5.74, 6) is 0.728. The molecule has 2 aliphatic rings. The van der Waals surface area contributed by atoms with Crippen molar-refractivity contribution in [1.29, 1.82) is 0 Å². The Morgan fingerprint density at radius 1 is 1.03 bits per heavy atom. The molecule has 0 amide bonds. The molecular formula is C25H23FN2O3S. The fraction of sp³-hybridized carbons (Fsp3) is 0.200. The Morgan fingerprint density at radius 2 is 1.78 bits per heavy atom. The van der Waals surface area contributed by atoms with Gasteiger partial charge < -0.3 is 10.1 Å². The number of nitrogens with one attached hydrogen (secondary N) is 2. The first-order valence-electron chi connectivity index (χ1n) is 10.4. The predicted octanol–water partition coefficient (Wildman–Crippen LogP) is 5.46. The molecule has 0 aromatic heterocycles. The highest BCUT2D eigenvalue weighted by Crippen LogP contribution is 2.50. The minimum Gasteiger partial charge on any atom is -0.497 e. The molecule has 2 N–H and O–H groups in total. The Bertz CT molecular complexity index is 1270.